The molecule has 172 valence electrons. The monoisotopic (exact) mass is 436 g/mol. The lowest BCUT2D eigenvalue weighted by atomic mass is 9.75. The molecular formula is C24H35F3N4. The van der Waals surface area contributed by atoms with Crippen molar-refractivity contribution in [3.8, 4) is 0 Å². The molecule has 1 aromatic rings. The third kappa shape index (κ3) is 4.09. The van der Waals surface area contributed by atoms with E-state index in [0.29, 0.717) is 17.3 Å². The smallest absolute Gasteiger partial charge is 0.371 e. The lowest BCUT2D eigenvalue weighted by Gasteiger charge is -2.34. The molecular weight excluding hydrogens is 401 g/mol. The van der Waals surface area contributed by atoms with Crippen LogP contribution in [0, 0.1) is 17.3 Å². The molecule has 4 fully saturated rings. The minimum absolute atomic E-state index is 0.0583. The molecule has 7 heteroatoms. The highest BCUT2D eigenvalue weighted by Crippen LogP contribution is 2.48. The predicted octanol–water partition coefficient (Wildman–Crippen LogP) is 3.72. The number of benzene rings is 1. The number of rotatable bonds is 3. The third-order valence-electron chi connectivity index (χ3n) is 8.36. The molecule has 4 saturated heterocycles. The molecule has 0 radical (unpaired) electrons. The molecule has 4 aliphatic rings. The summed E-state index contributed by atoms with van der Waals surface area (Å²) in [7, 11) is 0. The van der Waals surface area contributed by atoms with E-state index in [1.54, 1.807) is 6.07 Å². The first-order valence-corrected chi connectivity index (χ1v) is 11.8. The maximum Gasteiger partial charge on any atom is 0.416 e. The largest absolute Gasteiger partial charge is 0.416 e. The number of halogens is 3. The van der Waals surface area contributed by atoms with Crippen LogP contribution in [-0.4, -0.2) is 56.3 Å². The van der Waals surface area contributed by atoms with Gasteiger partial charge in [-0.15, -0.1) is 0 Å². The Hall–Kier alpha value is -1.31. The van der Waals surface area contributed by atoms with Crippen molar-refractivity contribution < 1.29 is 13.2 Å². The summed E-state index contributed by atoms with van der Waals surface area (Å²) < 4.78 is 40.6. The number of alkyl halides is 3. The Morgan fingerprint density at radius 3 is 2.35 bits per heavy atom. The fourth-order valence-electron chi connectivity index (χ4n) is 6.69. The quantitative estimate of drug-likeness (QED) is 0.756. The van der Waals surface area contributed by atoms with Gasteiger partial charge in [0.1, 0.15) is 0 Å². The maximum atomic E-state index is 13.5. The van der Waals surface area contributed by atoms with Gasteiger partial charge in [-0.1, -0.05) is 6.07 Å². The van der Waals surface area contributed by atoms with E-state index in [0.717, 1.165) is 70.0 Å². The van der Waals surface area contributed by atoms with E-state index in [1.165, 1.54) is 25.0 Å². The van der Waals surface area contributed by atoms with Crippen molar-refractivity contribution in [3.05, 3.63) is 29.3 Å². The summed E-state index contributed by atoms with van der Waals surface area (Å²) in [4.78, 5) is 4.76. The summed E-state index contributed by atoms with van der Waals surface area (Å²) >= 11 is 0. The van der Waals surface area contributed by atoms with Crippen molar-refractivity contribution >= 4 is 5.69 Å². The molecule has 0 aromatic heterocycles. The van der Waals surface area contributed by atoms with Gasteiger partial charge in [0, 0.05) is 50.5 Å². The number of likely N-dealkylation sites (tertiary alicyclic amines) is 1. The summed E-state index contributed by atoms with van der Waals surface area (Å²) in [5, 5.41) is 6.91. The van der Waals surface area contributed by atoms with Gasteiger partial charge in [0.15, 0.2) is 0 Å². The van der Waals surface area contributed by atoms with Crippen molar-refractivity contribution in [1.82, 2.24) is 15.5 Å². The lowest BCUT2D eigenvalue weighted by Crippen LogP contribution is -2.39. The predicted molar refractivity (Wildman–Crippen MR) is 117 cm³/mol. The molecule has 0 aliphatic carbocycles. The summed E-state index contributed by atoms with van der Waals surface area (Å²) in [6.07, 6.45) is -0.766. The first-order valence-electron chi connectivity index (χ1n) is 11.8. The van der Waals surface area contributed by atoms with Crippen LogP contribution in [0.4, 0.5) is 18.9 Å². The Morgan fingerprint density at radius 2 is 1.71 bits per heavy atom. The van der Waals surface area contributed by atoms with Gasteiger partial charge < -0.3 is 15.5 Å². The Bertz CT molecular complexity index is 804. The number of nitrogens with one attached hydrogen (secondary N) is 2. The van der Waals surface area contributed by atoms with E-state index in [2.05, 4.69) is 34.3 Å². The average molecular weight is 437 g/mol. The number of nitrogens with zero attached hydrogens (tertiary/aromatic N) is 2. The van der Waals surface area contributed by atoms with Crippen molar-refractivity contribution in [2.24, 2.45) is 17.3 Å². The maximum absolute atomic E-state index is 13.5. The van der Waals surface area contributed by atoms with Crippen LogP contribution in [0.15, 0.2) is 18.2 Å². The first kappa shape index (κ1) is 21.5. The van der Waals surface area contributed by atoms with Crippen LogP contribution >= 0.6 is 0 Å². The summed E-state index contributed by atoms with van der Waals surface area (Å²) in [5.74, 6) is 1.09. The van der Waals surface area contributed by atoms with Gasteiger partial charge in [-0.3, -0.25) is 4.90 Å². The van der Waals surface area contributed by atoms with Crippen LogP contribution < -0.4 is 15.5 Å². The average Bonchev–Trinajstić information content (AvgIpc) is 3.34. The summed E-state index contributed by atoms with van der Waals surface area (Å²) in [6, 6.07) is 4.43. The van der Waals surface area contributed by atoms with Crippen LogP contribution in [-0.2, 0) is 12.7 Å². The molecule has 1 spiro atoms. The number of hydrogen-bond donors (Lipinski definition) is 2. The van der Waals surface area contributed by atoms with Crippen LogP contribution in [0.3, 0.4) is 0 Å². The zero-order chi connectivity index (χ0) is 21.9. The Kier molecular flexibility index (Phi) is 5.30. The molecule has 2 unspecified atom stereocenters. The van der Waals surface area contributed by atoms with Gasteiger partial charge >= 0.3 is 6.18 Å². The van der Waals surface area contributed by atoms with Gasteiger partial charge in [0.05, 0.1) is 5.56 Å². The fraction of sp³-hybridized carbons (Fsp3) is 0.750. The molecule has 0 saturated carbocycles. The topological polar surface area (TPSA) is 30.5 Å². The Morgan fingerprint density at radius 1 is 1.03 bits per heavy atom. The second-order valence-corrected chi connectivity index (χ2v) is 11.0. The van der Waals surface area contributed by atoms with E-state index < -0.39 is 11.7 Å². The minimum atomic E-state index is -4.31. The summed E-state index contributed by atoms with van der Waals surface area (Å²) in [5.41, 5.74) is 1.71. The van der Waals surface area contributed by atoms with Gasteiger partial charge in [-0.05, 0) is 81.1 Å². The molecule has 2 N–H and O–H groups in total. The van der Waals surface area contributed by atoms with Gasteiger partial charge in [-0.2, -0.15) is 13.2 Å². The highest BCUT2D eigenvalue weighted by atomic mass is 19.4. The Labute approximate surface area is 183 Å². The molecule has 2 atom stereocenters. The van der Waals surface area contributed by atoms with Crippen molar-refractivity contribution in [1.29, 1.82) is 0 Å². The number of fused-ring (bicyclic) bond motifs is 1. The van der Waals surface area contributed by atoms with Crippen molar-refractivity contribution in [2.75, 3.05) is 50.7 Å². The van der Waals surface area contributed by atoms with E-state index in [-0.39, 0.29) is 5.54 Å². The number of piperidine rings is 1. The lowest BCUT2D eigenvalue weighted by molar-refractivity contribution is -0.137. The molecule has 1 aromatic carbocycles. The highest BCUT2D eigenvalue weighted by molar-refractivity contribution is 5.57. The molecule has 31 heavy (non-hydrogen) atoms. The van der Waals surface area contributed by atoms with Crippen molar-refractivity contribution in [2.45, 2.75) is 51.4 Å². The molecule has 4 aliphatic heterocycles. The number of hydrogen-bond acceptors (Lipinski definition) is 4. The molecule has 0 bridgehead atoms. The van der Waals surface area contributed by atoms with E-state index >= 15 is 0 Å². The van der Waals surface area contributed by atoms with E-state index in [9.17, 15) is 13.2 Å². The van der Waals surface area contributed by atoms with Crippen molar-refractivity contribution in [3.63, 3.8) is 0 Å². The third-order valence-corrected chi connectivity index (χ3v) is 8.36. The Balaban J connectivity index is 1.43. The number of anilines is 1. The second-order valence-electron chi connectivity index (χ2n) is 11.0. The zero-order valence-corrected chi connectivity index (χ0v) is 18.7. The SMILES string of the molecule is CC1(C)CC2(CCNCC2)CN1Cc1ccc(C(F)(F)F)cc1N1CC2CNCC2C1. The van der Waals surface area contributed by atoms with Crippen LogP contribution in [0.5, 0.6) is 0 Å². The first-order chi connectivity index (χ1) is 14.7. The standard InChI is InChI=1S/C24H35F3N4/c1-22(2)15-23(5-7-28-8-6-23)16-31(22)14-17-3-4-20(24(25,26)27)9-21(17)30-12-18-10-29-11-19(18)13-30/h3-4,9,18-19,28-29H,5-8,10-16H2,1-2H3. The van der Waals surface area contributed by atoms with Gasteiger partial charge in [0.25, 0.3) is 0 Å². The normalized spacial score (nSPS) is 30.3. The molecule has 0 amide bonds. The molecule has 4 nitrogen and oxygen atoms in total. The molecule has 4 heterocycles. The minimum Gasteiger partial charge on any atom is -0.371 e. The van der Waals surface area contributed by atoms with E-state index in [1.807, 2.05) is 0 Å². The highest BCUT2D eigenvalue weighted by Gasteiger charge is 2.48. The van der Waals surface area contributed by atoms with Crippen LogP contribution in [0.2, 0.25) is 0 Å². The fourth-order valence-corrected chi connectivity index (χ4v) is 6.69. The van der Waals surface area contributed by atoms with Crippen LogP contribution in [0.1, 0.15) is 44.2 Å². The second kappa shape index (κ2) is 7.63. The van der Waals surface area contributed by atoms with Gasteiger partial charge in [-0.25, -0.2) is 0 Å². The molecule has 5 rings (SSSR count). The summed E-state index contributed by atoms with van der Waals surface area (Å²) in [6.45, 7) is 12.2. The van der Waals surface area contributed by atoms with E-state index in [4.69, 9.17) is 0 Å². The van der Waals surface area contributed by atoms with Gasteiger partial charge in [0.2, 0.25) is 0 Å². The zero-order valence-electron chi connectivity index (χ0n) is 18.7. The van der Waals surface area contributed by atoms with Crippen LogP contribution in [0.25, 0.3) is 0 Å².